The molecule has 0 radical (unpaired) electrons. The Kier molecular flexibility index (Phi) is 6.06. The molecule has 0 heterocycles. The Labute approximate surface area is 114 Å². The summed E-state index contributed by atoms with van der Waals surface area (Å²) in [6.45, 7) is 3.89. The predicted molar refractivity (Wildman–Crippen MR) is 73.4 cm³/mol. The molecule has 0 fully saturated rings. The maximum Gasteiger partial charge on any atom is 0.333 e. The molecule has 1 amide bonds. The molecule has 1 N–H and O–H groups in total. The van der Waals surface area contributed by atoms with Crippen LogP contribution in [0.4, 0.5) is 0 Å². The van der Waals surface area contributed by atoms with E-state index in [9.17, 15) is 9.59 Å². The summed E-state index contributed by atoms with van der Waals surface area (Å²) < 4.78 is 4.75. The molecule has 1 aromatic rings. The third-order valence-electron chi connectivity index (χ3n) is 3.03. The van der Waals surface area contributed by atoms with Gasteiger partial charge in [-0.3, -0.25) is 4.79 Å². The highest BCUT2D eigenvalue weighted by Crippen LogP contribution is 2.16. The summed E-state index contributed by atoms with van der Waals surface area (Å²) in [7, 11) is 1.32. The number of ether oxygens (including phenoxy) is 1. The predicted octanol–water partition coefficient (Wildman–Crippen LogP) is 2.45. The van der Waals surface area contributed by atoms with Crippen LogP contribution in [-0.4, -0.2) is 19.0 Å². The third-order valence-corrected chi connectivity index (χ3v) is 3.03. The van der Waals surface area contributed by atoms with Gasteiger partial charge in [-0.05, 0) is 12.0 Å². The van der Waals surface area contributed by atoms with E-state index in [1.54, 1.807) is 12.1 Å². The zero-order valence-corrected chi connectivity index (χ0v) is 11.7. The van der Waals surface area contributed by atoms with E-state index in [4.69, 9.17) is 4.74 Å². The fourth-order valence-corrected chi connectivity index (χ4v) is 1.89. The fraction of sp³-hybridized carbons (Fsp3) is 0.467. The standard InChI is InChI=1S/C15H21NO3/c1-4-8-11(2)14(17)16-13(15(18)19-3)12-9-6-5-7-10-12/h5-7,9-11,13H,4,8H2,1-3H3,(H,16,17). The number of hydrogen-bond donors (Lipinski definition) is 1. The van der Waals surface area contributed by atoms with Gasteiger partial charge in [-0.25, -0.2) is 4.79 Å². The quantitative estimate of drug-likeness (QED) is 0.802. The smallest absolute Gasteiger partial charge is 0.333 e. The molecule has 1 aromatic carbocycles. The van der Waals surface area contributed by atoms with Crippen molar-refractivity contribution < 1.29 is 14.3 Å². The van der Waals surface area contributed by atoms with Gasteiger partial charge in [0.05, 0.1) is 7.11 Å². The van der Waals surface area contributed by atoms with Crippen LogP contribution >= 0.6 is 0 Å². The first-order valence-corrected chi connectivity index (χ1v) is 6.53. The maximum absolute atomic E-state index is 12.0. The Bertz CT molecular complexity index is 417. The van der Waals surface area contributed by atoms with Gasteiger partial charge < -0.3 is 10.1 Å². The minimum atomic E-state index is -0.738. The molecule has 4 heteroatoms. The van der Waals surface area contributed by atoms with Gasteiger partial charge in [-0.2, -0.15) is 0 Å². The Morgan fingerprint density at radius 2 is 1.89 bits per heavy atom. The number of amides is 1. The van der Waals surface area contributed by atoms with E-state index in [0.717, 1.165) is 18.4 Å². The minimum Gasteiger partial charge on any atom is -0.467 e. The first-order valence-electron chi connectivity index (χ1n) is 6.53. The summed E-state index contributed by atoms with van der Waals surface area (Å²) in [6.07, 6.45) is 1.73. The zero-order valence-electron chi connectivity index (χ0n) is 11.7. The molecule has 0 aliphatic heterocycles. The van der Waals surface area contributed by atoms with E-state index >= 15 is 0 Å². The number of carbonyl (C=O) groups excluding carboxylic acids is 2. The van der Waals surface area contributed by atoms with Gasteiger partial charge in [0.1, 0.15) is 0 Å². The normalized spacial score (nSPS) is 13.4. The molecule has 2 atom stereocenters. The van der Waals surface area contributed by atoms with Crippen LogP contribution in [0.25, 0.3) is 0 Å². The summed E-state index contributed by atoms with van der Waals surface area (Å²) in [4.78, 5) is 23.8. The monoisotopic (exact) mass is 263 g/mol. The molecule has 1 rings (SSSR count). The highest BCUT2D eigenvalue weighted by molar-refractivity contribution is 5.86. The molecule has 104 valence electrons. The third kappa shape index (κ3) is 4.39. The van der Waals surface area contributed by atoms with E-state index in [2.05, 4.69) is 5.32 Å². The van der Waals surface area contributed by atoms with Crippen molar-refractivity contribution in [2.75, 3.05) is 7.11 Å². The van der Waals surface area contributed by atoms with Crippen LogP contribution in [0.15, 0.2) is 30.3 Å². The molecule has 0 spiro atoms. The van der Waals surface area contributed by atoms with Gasteiger partial charge in [0.2, 0.25) is 5.91 Å². The molecule has 0 bridgehead atoms. The lowest BCUT2D eigenvalue weighted by atomic mass is 10.0. The van der Waals surface area contributed by atoms with Crippen LogP contribution in [-0.2, 0) is 14.3 Å². The van der Waals surface area contributed by atoms with Gasteiger partial charge in [-0.15, -0.1) is 0 Å². The molecule has 0 saturated heterocycles. The highest BCUT2D eigenvalue weighted by atomic mass is 16.5. The van der Waals surface area contributed by atoms with Crippen molar-refractivity contribution in [2.45, 2.75) is 32.7 Å². The van der Waals surface area contributed by atoms with E-state index in [1.165, 1.54) is 7.11 Å². The van der Waals surface area contributed by atoms with Gasteiger partial charge >= 0.3 is 5.97 Å². The van der Waals surface area contributed by atoms with Crippen LogP contribution in [0, 0.1) is 5.92 Å². The highest BCUT2D eigenvalue weighted by Gasteiger charge is 2.25. The van der Waals surface area contributed by atoms with Crippen molar-refractivity contribution in [3.63, 3.8) is 0 Å². The molecule has 0 saturated carbocycles. The number of nitrogens with one attached hydrogen (secondary N) is 1. The van der Waals surface area contributed by atoms with Crippen molar-refractivity contribution in [1.82, 2.24) is 5.32 Å². The number of rotatable bonds is 6. The SMILES string of the molecule is CCCC(C)C(=O)NC(C(=O)OC)c1ccccc1. The Balaban J connectivity index is 2.82. The number of methoxy groups -OCH3 is 1. The van der Waals surface area contributed by atoms with Gasteiger partial charge in [0.15, 0.2) is 6.04 Å². The first-order chi connectivity index (χ1) is 9.10. The maximum atomic E-state index is 12.0. The second-order valence-electron chi connectivity index (χ2n) is 4.57. The lowest BCUT2D eigenvalue weighted by molar-refractivity contribution is -0.145. The molecular formula is C15H21NO3. The largest absolute Gasteiger partial charge is 0.467 e. The van der Waals surface area contributed by atoms with Crippen LogP contribution in [0.2, 0.25) is 0 Å². The molecule has 0 aromatic heterocycles. The van der Waals surface area contributed by atoms with E-state index in [0.29, 0.717) is 0 Å². The summed E-state index contributed by atoms with van der Waals surface area (Å²) >= 11 is 0. The molecular weight excluding hydrogens is 242 g/mol. The second-order valence-corrected chi connectivity index (χ2v) is 4.57. The summed E-state index contributed by atoms with van der Waals surface area (Å²) in [5, 5.41) is 2.76. The van der Waals surface area contributed by atoms with E-state index in [-0.39, 0.29) is 11.8 Å². The lowest BCUT2D eigenvalue weighted by Gasteiger charge is -2.19. The Morgan fingerprint density at radius 3 is 2.42 bits per heavy atom. The van der Waals surface area contributed by atoms with Crippen LogP contribution < -0.4 is 5.32 Å². The molecule has 0 aliphatic rings. The summed E-state index contributed by atoms with van der Waals surface area (Å²) in [5.41, 5.74) is 0.728. The van der Waals surface area contributed by atoms with Gasteiger partial charge in [0.25, 0.3) is 0 Å². The van der Waals surface area contributed by atoms with E-state index < -0.39 is 12.0 Å². The second kappa shape index (κ2) is 7.56. The fourth-order valence-electron chi connectivity index (χ4n) is 1.89. The number of hydrogen-bond acceptors (Lipinski definition) is 3. The number of esters is 1. The Morgan fingerprint density at radius 1 is 1.26 bits per heavy atom. The van der Waals surface area contributed by atoms with Crippen LogP contribution in [0.3, 0.4) is 0 Å². The molecule has 2 unspecified atom stereocenters. The van der Waals surface area contributed by atoms with Crippen molar-refractivity contribution in [2.24, 2.45) is 5.92 Å². The summed E-state index contributed by atoms with van der Waals surface area (Å²) in [6, 6.07) is 8.37. The topological polar surface area (TPSA) is 55.4 Å². The van der Waals surface area contributed by atoms with Crippen LogP contribution in [0.5, 0.6) is 0 Å². The first kappa shape index (κ1) is 15.2. The van der Waals surface area contributed by atoms with Crippen LogP contribution in [0.1, 0.15) is 38.3 Å². The minimum absolute atomic E-state index is 0.110. The average Bonchev–Trinajstić information content (AvgIpc) is 2.44. The molecule has 4 nitrogen and oxygen atoms in total. The number of carbonyl (C=O) groups is 2. The van der Waals surface area contributed by atoms with Crippen molar-refractivity contribution in [3.05, 3.63) is 35.9 Å². The van der Waals surface area contributed by atoms with E-state index in [1.807, 2.05) is 32.0 Å². The zero-order chi connectivity index (χ0) is 14.3. The van der Waals surface area contributed by atoms with Gasteiger partial charge in [0, 0.05) is 5.92 Å². The molecule has 19 heavy (non-hydrogen) atoms. The lowest BCUT2D eigenvalue weighted by Crippen LogP contribution is -2.37. The van der Waals surface area contributed by atoms with Crippen molar-refractivity contribution >= 4 is 11.9 Å². The van der Waals surface area contributed by atoms with Gasteiger partial charge in [-0.1, -0.05) is 50.6 Å². The van der Waals surface area contributed by atoms with Crippen molar-refractivity contribution in [1.29, 1.82) is 0 Å². The Hall–Kier alpha value is -1.84. The van der Waals surface area contributed by atoms with Crippen molar-refractivity contribution in [3.8, 4) is 0 Å². The summed E-state index contributed by atoms with van der Waals surface area (Å²) in [5.74, 6) is -0.690. The molecule has 0 aliphatic carbocycles. The number of benzene rings is 1. The average molecular weight is 263 g/mol.